The van der Waals surface area contributed by atoms with Crippen LogP contribution in [0, 0.1) is 5.92 Å². The molecule has 3 heteroatoms. The molecule has 96 valence electrons. The minimum atomic E-state index is -0.00363. The summed E-state index contributed by atoms with van der Waals surface area (Å²) >= 11 is 12.0. The summed E-state index contributed by atoms with van der Waals surface area (Å²) in [5.41, 5.74) is 3.11. The molecular formula is C16H12Cl2O. The van der Waals surface area contributed by atoms with Crippen molar-refractivity contribution < 1.29 is 4.79 Å². The summed E-state index contributed by atoms with van der Waals surface area (Å²) in [6, 6.07) is 13.3. The fourth-order valence-electron chi connectivity index (χ4n) is 2.65. The maximum atomic E-state index is 12.5. The van der Waals surface area contributed by atoms with Crippen LogP contribution in [0.4, 0.5) is 0 Å². The van der Waals surface area contributed by atoms with Crippen molar-refractivity contribution in [1.29, 1.82) is 0 Å². The Morgan fingerprint density at radius 1 is 1.00 bits per heavy atom. The molecule has 0 atom stereocenters. The summed E-state index contributed by atoms with van der Waals surface area (Å²) in [5.74, 6) is 0.106. The lowest BCUT2D eigenvalue weighted by Gasteiger charge is -2.09. The van der Waals surface area contributed by atoms with Crippen LogP contribution in [0.15, 0.2) is 42.5 Å². The summed E-state index contributed by atoms with van der Waals surface area (Å²) in [5, 5.41) is 0.990. The van der Waals surface area contributed by atoms with Gasteiger partial charge >= 0.3 is 0 Å². The van der Waals surface area contributed by atoms with Gasteiger partial charge in [0.2, 0.25) is 0 Å². The van der Waals surface area contributed by atoms with Gasteiger partial charge in [-0.3, -0.25) is 4.79 Å². The average molecular weight is 291 g/mol. The number of halogens is 2. The van der Waals surface area contributed by atoms with E-state index in [4.69, 9.17) is 23.2 Å². The van der Waals surface area contributed by atoms with Crippen molar-refractivity contribution in [1.82, 2.24) is 0 Å². The number of fused-ring (bicyclic) bond motifs is 1. The zero-order chi connectivity index (χ0) is 13.4. The highest BCUT2D eigenvalue weighted by molar-refractivity contribution is 6.36. The van der Waals surface area contributed by atoms with E-state index < -0.39 is 0 Å². The third-order valence-corrected chi connectivity index (χ3v) is 4.17. The van der Waals surface area contributed by atoms with Gasteiger partial charge in [-0.1, -0.05) is 47.5 Å². The molecule has 1 nitrogen and oxygen atoms in total. The van der Waals surface area contributed by atoms with Crippen LogP contribution in [0.2, 0.25) is 10.0 Å². The number of hydrogen-bond acceptors (Lipinski definition) is 1. The maximum Gasteiger partial charge on any atom is 0.168 e. The molecule has 0 amide bonds. The first-order chi connectivity index (χ1) is 9.15. The molecule has 3 rings (SSSR count). The highest BCUT2D eigenvalue weighted by atomic mass is 35.5. The van der Waals surface area contributed by atoms with Crippen molar-refractivity contribution in [3.63, 3.8) is 0 Å². The topological polar surface area (TPSA) is 17.1 Å². The van der Waals surface area contributed by atoms with Crippen molar-refractivity contribution in [3.8, 4) is 0 Å². The quantitative estimate of drug-likeness (QED) is 0.739. The zero-order valence-corrected chi connectivity index (χ0v) is 11.7. The number of ketones is 1. The van der Waals surface area contributed by atoms with Crippen molar-refractivity contribution in [2.75, 3.05) is 0 Å². The van der Waals surface area contributed by atoms with E-state index in [1.54, 1.807) is 18.2 Å². The predicted molar refractivity (Wildman–Crippen MR) is 78.1 cm³/mol. The van der Waals surface area contributed by atoms with Crippen LogP contribution in [0.25, 0.3) is 0 Å². The standard InChI is InChI=1S/C16H12Cl2O/c17-13-5-6-14(15(18)9-13)16(19)12-7-10-3-1-2-4-11(10)8-12/h1-6,9,12H,7-8H2. The molecule has 0 saturated carbocycles. The van der Waals surface area contributed by atoms with Crippen LogP contribution in [0.5, 0.6) is 0 Å². The Labute approximate surface area is 122 Å². The third kappa shape index (κ3) is 2.41. The highest BCUT2D eigenvalue weighted by Gasteiger charge is 2.28. The average Bonchev–Trinajstić information content (AvgIpc) is 2.81. The molecule has 2 aromatic carbocycles. The SMILES string of the molecule is O=C(c1ccc(Cl)cc1Cl)C1Cc2ccccc2C1. The van der Waals surface area contributed by atoms with Gasteiger partial charge in [0.1, 0.15) is 0 Å². The second kappa shape index (κ2) is 4.99. The molecule has 0 fully saturated rings. The molecule has 0 unspecified atom stereocenters. The summed E-state index contributed by atoms with van der Waals surface area (Å²) in [7, 11) is 0. The predicted octanol–water partition coefficient (Wildman–Crippen LogP) is 4.59. The molecule has 0 radical (unpaired) electrons. The van der Waals surface area contributed by atoms with Crippen LogP contribution in [-0.2, 0) is 12.8 Å². The van der Waals surface area contributed by atoms with Gasteiger partial charge in [-0.2, -0.15) is 0 Å². The zero-order valence-electron chi connectivity index (χ0n) is 10.2. The first kappa shape index (κ1) is 12.7. The Morgan fingerprint density at radius 2 is 1.63 bits per heavy atom. The smallest absolute Gasteiger partial charge is 0.168 e. The Morgan fingerprint density at radius 3 is 2.21 bits per heavy atom. The largest absolute Gasteiger partial charge is 0.294 e. The summed E-state index contributed by atoms with van der Waals surface area (Å²) in [6.07, 6.45) is 1.60. The molecular weight excluding hydrogens is 279 g/mol. The molecule has 0 bridgehead atoms. The molecule has 0 heterocycles. The molecule has 0 N–H and O–H groups in total. The van der Waals surface area contributed by atoms with Gasteiger partial charge in [-0.25, -0.2) is 0 Å². The number of carbonyl (C=O) groups is 1. The van der Waals surface area contributed by atoms with E-state index in [-0.39, 0.29) is 11.7 Å². The Bertz CT molecular complexity index is 624. The lowest BCUT2D eigenvalue weighted by molar-refractivity contribution is 0.0925. The van der Waals surface area contributed by atoms with Crippen molar-refractivity contribution in [3.05, 3.63) is 69.2 Å². The Kier molecular flexibility index (Phi) is 3.34. The molecule has 0 aromatic heterocycles. The number of Topliss-reactive ketones (excluding diaryl/α,β-unsaturated/α-hetero) is 1. The van der Waals surface area contributed by atoms with E-state index >= 15 is 0 Å². The Hall–Kier alpha value is -1.31. The van der Waals surface area contributed by atoms with Gasteiger partial charge in [0.05, 0.1) is 5.02 Å². The molecule has 0 saturated heterocycles. The second-order valence-corrected chi connectivity index (χ2v) is 5.71. The van der Waals surface area contributed by atoms with E-state index in [0.717, 1.165) is 12.8 Å². The van der Waals surface area contributed by atoms with Gasteiger partial charge in [0.25, 0.3) is 0 Å². The summed E-state index contributed by atoms with van der Waals surface area (Å²) in [6.45, 7) is 0. The number of hydrogen-bond donors (Lipinski definition) is 0. The molecule has 0 spiro atoms. The van der Waals surface area contributed by atoms with Crippen LogP contribution in [0.1, 0.15) is 21.5 Å². The Balaban J connectivity index is 1.87. The normalized spacial score (nSPS) is 14.4. The van der Waals surface area contributed by atoms with Gasteiger partial charge in [0, 0.05) is 16.5 Å². The lowest BCUT2D eigenvalue weighted by atomic mass is 9.95. The van der Waals surface area contributed by atoms with Gasteiger partial charge < -0.3 is 0 Å². The van der Waals surface area contributed by atoms with Gasteiger partial charge in [0.15, 0.2) is 5.78 Å². The van der Waals surface area contributed by atoms with Crippen LogP contribution in [0.3, 0.4) is 0 Å². The number of carbonyl (C=O) groups excluding carboxylic acids is 1. The fraction of sp³-hybridized carbons (Fsp3) is 0.188. The molecule has 2 aromatic rings. The highest BCUT2D eigenvalue weighted by Crippen LogP contribution is 2.31. The van der Waals surface area contributed by atoms with Crippen molar-refractivity contribution in [2.24, 2.45) is 5.92 Å². The van der Waals surface area contributed by atoms with Crippen LogP contribution in [-0.4, -0.2) is 5.78 Å². The van der Waals surface area contributed by atoms with E-state index in [2.05, 4.69) is 12.1 Å². The molecule has 1 aliphatic carbocycles. The minimum absolute atomic E-state index is 0.00363. The van der Waals surface area contributed by atoms with E-state index in [9.17, 15) is 4.79 Å². The van der Waals surface area contributed by atoms with Gasteiger partial charge in [-0.15, -0.1) is 0 Å². The summed E-state index contributed by atoms with van der Waals surface area (Å²) in [4.78, 5) is 12.5. The van der Waals surface area contributed by atoms with Crippen LogP contribution < -0.4 is 0 Å². The van der Waals surface area contributed by atoms with Gasteiger partial charge in [-0.05, 0) is 42.2 Å². The first-order valence-corrected chi connectivity index (χ1v) is 6.97. The number of benzene rings is 2. The summed E-state index contributed by atoms with van der Waals surface area (Å²) < 4.78 is 0. The third-order valence-electron chi connectivity index (χ3n) is 3.62. The molecule has 1 aliphatic rings. The van der Waals surface area contributed by atoms with Crippen molar-refractivity contribution >= 4 is 29.0 Å². The fourth-order valence-corrected chi connectivity index (χ4v) is 3.16. The lowest BCUT2D eigenvalue weighted by Crippen LogP contribution is -2.15. The molecule has 0 aliphatic heterocycles. The number of rotatable bonds is 2. The van der Waals surface area contributed by atoms with E-state index in [1.165, 1.54) is 11.1 Å². The van der Waals surface area contributed by atoms with E-state index in [0.29, 0.717) is 15.6 Å². The molecule has 19 heavy (non-hydrogen) atoms. The first-order valence-electron chi connectivity index (χ1n) is 6.21. The second-order valence-electron chi connectivity index (χ2n) is 4.86. The monoisotopic (exact) mass is 290 g/mol. The van der Waals surface area contributed by atoms with E-state index in [1.807, 2.05) is 12.1 Å². The minimum Gasteiger partial charge on any atom is -0.294 e. The maximum absolute atomic E-state index is 12.5. The van der Waals surface area contributed by atoms with Crippen LogP contribution >= 0.6 is 23.2 Å². The van der Waals surface area contributed by atoms with Crippen molar-refractivity contribution in [2.45, 2.75) is 12.8 Å².